The predicted molar refractivity (Wildman–Crippen MR) is 107 cm³/mol. The first kappa shape index (κ1) is 21.0. The van der Waals surface area contributed by atoms with Crippen LogP contribution >= 0.6 is 0 Å². The van der Waals surface area contributed by atoms with Crippen LogP contribution < -0.4 is 10.6 Å². The van der Waals surface area contributed by atoms with Gasteiger partial charge < -0.3 is 15.1 Å². The molecular formula is C21H27FN4O3. The van der Waals surface area contributed by atoms with E-state index in [1.54, 1.807) is 24.3 Å². The molecule has 0 aliphatic carbocycles. The molecule has 1 fully saturated rings. The maximum Gasteiger partial charge on any atom is 0.287 e. The van der Waals surface area contributed by atoms with Crippen molar-refractivity contribution in [3.05, 3.63) is 59.8 Å². The van der Waals surface area contributed by atoms with Crippen molar-refractivity contribution in [2.24, 2.45) is 0 Å². The van der Waals surface area contributed by atoms with Gasteiger partial charge in [0.25, 0.3) is 5.91 Å². The Bertz CT molecular complexity index is 787. The predicted octanol–water partition coefficient (Wildman–Crippen LogP) is 1.64. The quantitative estimate of drug-likeness (QED) is 0.702. The average Bonchev–Trinajstić information content (AvgIpc) is 3.24. The highest BCUT2D eigenvalue weighted by Gasteiger charge is 2.20. The van der Waals surface area contributed by atoms with Crippen LogP contribution in [0.3, 0.4) is 0 Å². The Morgan fingerprint density at radius 1 is 1.10 bits per heavy atom. The molecule has 2 N–H and O–H groups in total. The Kier molecular flexibility index (Phi) is 7.37. The summed E-state index contributed by atoms with van der Waals surface area (Å²) < 4.78 is 18.1. The van der Waals surface area contributed by atoms with E-state index in [1.807, 2.05) is 6.92 Å². The van der Waals surface area contributed by atoms with Gasteiger partial charge in [-0.1, -0.05) is 12.1 Å². The summed E-state index contributed by atoms with van der Waals surface area (Å²) in [5, 5.41) is 5.80. The molecular weight excluding hydrogens is 375 g/mol. The van der Waals surface area contributed by atoms with Crippen LogP contribution in [0, 0.1) is 5.82 Å². The van der Waals surface area contributed by atoms with E-state index in [1.165, 1.54) is 18.4 Å². The van der Waals surface area contributed by atoms with Gasteiger partial charge in [0.05, 0.1) is 18.8 Å². The Hall–Kier alpha value is -2.71. The van der Waals surface area contributed by atoms with E-state index in [-0.39, 0.29) is 23.7 Å². The van der Waals surface area contributed by atoms with Gasteiger partial charge in [-0.25, -0.2) is 4.39 Å². The van der Waals surface area contributed by atoms with Crippen molar-refractivity contribution in [3.8, 4) is 0 Å². The fourth-order valence-corrected chi connectivity index (χ4v) is 3.32. The van der Waals surface area contributed by atoms with Crippen LogP contribution in [0.2, 0.25) is 0 Å². The van der Waals surface area contributed by atoms with Crippen molar-refractivity contribution in [2.45, 2.75) is 13.0 Å². The lowest BCUT2D eigenvalue weighted by Crippen LogP contribution is -2.50. The molecule has 0 saturated carbocycles. The molecule has 1 aliphatic rings. The molecule has 1 unspecified atom stereocenters. The number of nitrogens with one attached hydrogen (secondary N) is 2. The minimum Gasteiger partial charge on any atom is -0.459 e. The van der Waals surface area contributed by atoms with Crippen molar-refractivity contribution in [1.29, 1.82) is 0 Å². The minimum absolute atomic E-state index is 0.0408. The molecule has 3 rings (SSSR count). The standard InChI is InChI=1S/C21H27FN4O3/c1-16(17-4-6-18(22)7-5-17)24-20(27)15-26-12-10-25(11-13-26)9-8-23-21(28)19-3-2-14-29-19/h2-7,14,16H,8-13,15H2,1H3,(H,23,28)(H,24,27). The van der Waals surface area contributed by atoms with Gasteiger partial charge in [-0.15, -0.1) is 0 Å². The van der Waals surface area contributed by atoms with Crippen LogP contribution in [0.15, 0.2) is 47.1 Å². The zero-order valence-electron chi connectivity index (χ0n) is 16.6. The van der Waals surface area contributed by atoms with E-state index >= 15 is 0 Å². The van der Waals surface area contributed by atoms with Gasteiger partial charge in [0.2, 0.25) is 5.91 Å². The molecule has 1 aliphatic heterocycles. The van der Waals surface area contributed by atoms with Gasteiger partial charge >= 0.3 is 0 Å². The number of piperazine rings is 1. The summed E-state index contributed by atoms with van der Waals surface area (Å²) in [7, 11) is 0. The lowest BCUT2D eigenvalue weighted by Gasteiger charge is -2.34. The second-order valence-electron chi connectivity index (χ2n) is 7.19. The molecule has 8 heteroatoms. The van der Waals surface area contributed by atoms with Gasteiger partial charge in [0, 0.05) is 39.3 Å². The first-order chi connectivity index (χ1) is 14.0. The molecule has 29 heavy (non-hydrogen) atoms. The molecule has 156 valence electrons. The number of halogens is 1. The molecule has 2 aromatic rings. The molecule has 2 heterocycles. The number of amides is 2. The molecule has 0 radical (unpaired) electrons. The lowest BCUT2D eigenvalue weighted by molar-refractivity contribution is -0.123. The fourth-order valence-electron chi connectivity index (χ4n) is 3.32. The SMILES string of the molecule is CC(NC(=O)CN1CCN(CCNC(=O)c2ccco2)CC1)c1ccc(F)cc1. The third-order valence-electron chi connectivity index (χ3n) is 5.04. The van der Waals surface area contributed by atoms with Crippen LogP contribution in [0.25, 0.3) is 0 Å². The molecule has 0 bridgehead atoms. The topological polar surface area (TPSA) is 77.8 Å². The summed E-state index contributed by atoms with van der Waals surface area (Å²) in [5.74, 6) is -0.219. The summed E-state index contributed by atoms with van der Waals surface area (Å²) in [5.41, 5.74) is 0.876. The number of carbonyl (C=O) groups excluding carboxylic acids is 2. The average molecular weight is 402 g/mol. The van der Waals surface area contributed by atoms with E-state index in [9.17, 15) is 14.0 Å². The largest absolute Gasteiger partial charge is 0.459 e. The Morgan fingerprint density at radius 3 is 2.45 bits per heavy atom. The summed E-state index contributed by atoms with van der Waals surface area (Å²) in [6.45, 7) is 6.82. The van der Waals surface area contributed by atoms with Crippen LogP contribution in [-0.2, 0) is 4.79 Å². The monoisotopic (exact) mass is 402 g/mol. The second kappa shape index (κ2) is 10.2. The van der Waals surface area contributed by atoms with Crippen molar-refractivity contribution < 1.29 is 18.4 Å². The lowest BCUT2D eigenvalue weighted by atomic mass is 10.1. The van der Waals surface area contributed by atoms with E-state index in [4.69, 9.17) is 4.42 Å². The molecule has 0 spiro atoms. The third-order valence-corrected chi connectivity index (χ3v) is 5.04. The minimum atomic E-state index is -0.286. The Labute approximate surface area is 169 Å². The van der Waals surface area contributed by atoms with Gasteiger partial charge in [-0.3, -0.25) is 19.4 Å². The second-order valence-corrected chi connectivity index (χ2v) is 7.19. The summed E-state index contributed by atoms with van der Waals surface area (Å²) >= 11 is 0. The zero-order chi connectivity index (χ0) is 20.6. The third kappa shape index (κ3) is 6.40. The Morgan fingerprint density at radius 2 is 1.79 bits per heavy atom. The highest BCUT2D eigenvalue weighted by Crippen LogP contribution is 2.13. The number of hydrogen-bond acceptors (Lipinski definition) is 5. The molecule has 2 amide bonds. The van der Waals surface area contributed by atoms with E-state index < -0.39 is 0 Å². The first-order valence-electron chi connectivity index (χ1n) is 9.82. The molecule has 1 atom stereocenters. The first-order valence-corrected chi connectivity index (χ1v) is 9.82. The number of nitrogens with zero attached hydrogens (tertiary/aromatic N) is 2. The maximum atomic E-state index is 13.0. The van der Waals surface area contributed by atoms with Gasteiger partial charge in [0.15, 0.2) is 5.76 Å². The number of benzene rings is 1. The summed E-state index contributed by atoms with van der Waals surface area (Å²) in [6.07, 6.45) is 1.48. The van der Waals surface area contributed by atoms with Gasteiger partial charge in [-0.2, -0.15) is 0 Å². The highest BCUT2D eigenvalue weighted by atomic mass is 19.1. The summed E-state index contributed by atoms with van der Waals surface area (Å²) in [6, 6.07) is 9.32. The van der Waals surface area contributed by atoms with Crippen molar-refractivity contribution in [1.82, 2.24) is 20.4 Å². The van der Waals surface area contributed by atoms with Crippen molar-refractivity contribution in [3.63, 3.8) is 0 Å². The van der Waals surface area contributed by atoms with Crippen LogP contribution in [0.1, 0.15) is 29.1 Å². The Balaban J connectivity index is 1.32. The van der Waals surface area contributed by atoms with E-state index in [2.05, 4.69) is 20.4 Å². The molecule has 1 aromatic carbocycles. The maximum absolute atomic E-state index is 13.0. The number of furan rings is 1. The number of carbonyl (C=O) groups is 2. The van der Waals surface area contributed by atoms with Crippen molar-refractivity contribution >= 4 is 11.8 Å². The normalized spacial score (nSPS) is 16.3. The molecule has 1 aromatic heterocycles. The van der Waals surface area contributed by atoms with Gasteiger partial charge in [0.1, 0.15) is 5.82 Å². The number of hydrogen-bond donors (Lipinski definition) is 2. The fraction of sp³-hybridized carbons (Fsp3) is 0.429. The smallest absolute Gasteiger partial charge is 0.287 e. The van der Waals surface area contributed by atoms with E-state index in [0.29, 0.717) is 18.8 Å². The summed E-state index contributed by atoms with van der Waals surface area (Å²) in [4.78, 5) is 28.5. The highest BCUT2D eigenvalue weighted by molar-refractivity contribution is 5.91. The zero-order valence-corrected chi connectivity index (χ0v) is 16.6. The van der Waals surface area contributed by atoms with E-state index in [0.717, 1.165) is 38.3 Å². The van der Waals surface area contributed by atoms with Crippen LogP contribution in [0.5, 0.6) is 0 Å². The molecule has 1 saturated heterocycles. The number of rotatable bonds is 8. The molecule has 7 nitrogen and oxygen atoms in total. The van der Waals surface area contributed by atoms with Crippen molar-refractivity contribution in [2.75, 3.05) is 45.8 Å². The van der Waals surface area contributed by atoms with Gasteiger partial charge in [-0.05, 0) is 36.8 Å². The van der Waals surface area contributed by atoms with Crippen LogP contribution in [0.4, 0.5) is 4.39 Å². The van der Waals surface area contributed by atoms with Crippen LogP contribution in [-0.4, -0.2) is 67.4 Å².